The van der Waals surface area contributed by atoms with Crippen molar-refractivity contribution in [1.29, 1.82) is 0 Å². The highest BCUT2D eigenvalue weighted by molar-refractivity contribution is 6.09. The summed E-state index contributed by atoms with van der Waals surface area (Å²) in [5.74, 6) is 1.82. The van der Waals surface area contributed by atoms with Crippen LogP contribution in [0.25, 0.3) is 6.08 Å². The van der Waals surface area contributed by atoms with Crippen molar-refractivity contribution in [1.82, 2.24) is 5.32 Å². The molecule has 0 radical (unpaired) electrons. The van der Waals surface area contributed by atoms with E-state index >= 15 is 0 Å². The summed E-state index contributed by atoms with van der Waals surface area (Å²) in [5.41, 5.74) is 5.09. The summed E-state index contributed by atoms with van der Waals surface area (Å²) < 4.78 is 17.3. The molecule has 1 N–H and O–H groups in total. The van der Waals surface area contributed by atoms with Crippen LogP contribution in [0.15, 0.2) is 96.8 Å². The van der Waals surface area contributed by atoms with E-state index in [-0.39, 0.29) is 23.6 Å². The van der Waals surface area contributed by atoms with E-state index in [1.807, 2.05) is 74.5 Å². The summed E-state index contributed by atoms with van der Waals surface area (Å²) in [6, 6.07) is 28.2. The van der Waals surface area contributed by atoms with Crippen LogP contribution in [0.4, 0.5) is 5.69 Å². The molecule has 2 amide bonds. The molecule has 2 heterocycles. The van der Waals surface area contributed by atoms with Gasteiger partial charge in [-0.15, -0.1) is 0 Å². The first-order valence-corrected chi connectivity index (χ1v) is 13.6. The lowest BCUT2D eigenvalue weighted by molar-refractivity contribution is -0.117. The number of carbonyl (C=O) groups excluding carboxylic acids is 2. The Kier molecular flexibility index (Phi) is 7.17. The van der Waals surface area contributed by atoms with Crippen LogP contribution in [0.1, 0.15) is 45.6 Å². The molecule has 0 bridgehead atoms. The lowest BCUT2D eigenvalue weighted by Gasteiger charge is -2.30. The van der Waals surface area contributed by atoms with E-state index in [1.54, 1.807) is 35.2 Å². The second-order valence-corrected chi connectivity index (χ2v) is 10.2. The van der Waals surface area contributed by atoms with Crippen molar-refractivity contribution in [3.8, 4) is 17.2 Å². The molecule has 6 rings (SSSR count). The van der Waals surface area contributed by atoms with Gasteiger partial charge in [-0.25, -0.2) is 0 Å². The SMILES string of the molecule is Cc1cccc(CN2C(=O)/C(=C\c3ccc(C(=O)N[C@H](C)c4ccc5c(c4)OCCO5)cc3)Oc3ccccc32)c1. The van der Waals surface area contributed by atoms with Gasteiger partial charge in [0, 0.05) is 5.56 Å². The minimum atomic E-state index is -0.229. The van der Waals surface area contributed by atoms with Gasteiger partial charge >= 0.3 is 0 Å². The topological polar surface area (TPSA) is 77.1 Å². The van der Waals surface area contributed by atoms with E-state index in [1.165, 1.54) is 0 Å². The number of benzene rings is 4. The van der Waals surface area contributed by atoms with Crippen LogP contribution in [-0.4, -0.2) is 25.0 Å². The van der Waals surface area contributed by atoms with Crippen molar-refractivity contribution in [2.24, 2.45) is 0 Å². The lowest BCUT2D eigenvalue weighted by atomic mass is 10.1. The molecule has 0 aromatic heterocycles. The number of carbonyl (C=O) groups is 2. The Morgan fingerprint density at radius 2 is 1.68 bits per heavy atom. The summed E-state index contributed by atoms with van der Waals surface area (Å²) in [5, 5.41) is 3.03. The fourth-order valence-electron chi connectivity index (χ4n) is 4.99. The van der Waals surface area contributed by atoms with Gasteiger partial charge in [0.05, 0.1) is 18.3 Å². The van der Waals surface area contributed by atoms with E-state index in [2.05, 4.69) is 11.4 Å². The Morgan fingerprint density at radius 3 is 2.49 bits per heavy atom. The highest BCUT2D eigenvalue weighted by Crippen LogP contribution is 2.37. The van der Waals surface area contributed by atoms with E-state index in [0.717, 1.165) is 27.9 Å². The second-order valence-electron chi connectivity index (χ2n) is 10.2. The minimum Gasteiger partial charge on any atom is -0.486 e. The van der Waals surface area contributed by atoms with Gasteiger partial charge < -0.3 is 19.5 Å². The molecule has 7 nitrogen and oxygen atoms in total. The largest absolute Gasteiger partial charge is 0.486 e. The molecule has 0 saturated carbocycles. The maximum Gasteiger partial charge on any atom is 0.294 e. The average Bonchev–Trinajstić information content (AvgIpc) is 2.99. The first kappa shape index (κ1) is 26.2. The molecule has 1 atom stereocenters. The highest BCUT2D eigenvalue weighted by atomic mass is 16.6. The minimum absolute atomic E-state index is 0.199. The number of ether oxygens (including phenoxy) is 3. The third-order valence-corrected chi connectivity index (χ3v) is 7.14. The molecular weight excluding hydrogens is 516 g/mol. The van der Waals surface area contributed by atoms with Gasteiger partial charge in [0.25, 0.3) is 11.8 Å². The van der Waals surface area contributed by atoms with Crippen LogP contribution in [0.3, 0.4) is 0 Å². The molecule has 0 aliphatic carbocycles. The Balaban J connectivity index is 1.18. The maximum absolute atomic E-state index is 13.6. The Hall–Kier alpha value is -5.04. The number of hydrogen-bond acceptors (Lipinski definition) is 5. The number of nitrogens with zero attached hydrogens (tertiary/aromatic N) is 1. The molecule has 4 aromatic rings. The molecule has 206 valence electrons. The lowest BCUT2D eigenvalue weighted by Crippen LogP contribution is -2.36. The van der Waals surface area contributed by atoms with Crippen molar-refractivity contribution in [2.75, 3.05) is 18.1 Å². The van der Waals surface area contributed by atoms with Gasteiger partial charge in [-0.05, 0) is 73.0 Å². The van der Waals surface area contributed by atoms with E-state index in [9.17, 15) is 9.59 Å². The van der Waals surface area contributed by atoms with Crippen molar-refractivity contribution in [2.45, 2.75) is 26.4 Å². The Morgan fingerprint density at radius 1 is 0.902 bits per heavy atom. The molecular formula is C34H30N2O5. The summed E-state index contributed by atoms with van der Waals surface area (Å²) >= 11 is 0. The third-order valence-electron chi connectivity index (χ3n) is 7.14. The zero-order valence-corrected chi connectivity index (χ0v) is 22.9. The van der Waals surface area contributed by atoms with Gasteiger partial charge in [-0.3, -0.25) is 14.5 Å². The summed E-state index contributed by atoms with van der Waals surface area (Å²) in [4.78, 5) is 28.3. The normalized spacial score (nSPS) is 15.6. The van der Waals surface area contributed by atoms with Gasteiger partial charge in [-0.1, -0.05) is 60.2 Å². The predicted molar refractivity (Wildman–Crippen MR) is 157 cm³/mol. The quantitative estimate of drug-likeness (QED) is 0.291. The summed E-state index contributed by atoms with van der Waals surface area (Å²) in [6.45, 7) is 5.43. The number of hydrogen-bond donors (Lipinski definition) is 1. The van der Waals surface area contributed by atoms with Crippen molar-refractivity contribution >= 4 is 23.6 Å². The third kappa shape index (κ3) is 5.65. The van der Waals surface area contributed by atoms with E-state index in [4.69, 9.17) is 14.2 Å². The molecule has 4 aromatic carbocycles. The zero-order chi connectivity index (χ0) is 28.3. The summed E-state index contributed by atoms with van der Waals surface area (Å²) in [6.07, 6.45) is 1.71. The highest BCUT2D eigenvalue weighted by Gasteiger charge is 2.30. The molecule has 41 heavy (non-hydrogen) atoms. The smallest absolute Gasteiger partial charge is 0.294 e. The number of anilines is 1. The fourth-order valence-corrected chi connectivity index (χ4v) is 4.99. The van der Waals surface area contributed by atoms with Crippen LogP contribution in [-0.2, 0) is 11.3 Å². The van der Waals surface area contributed by atoms with Crippen molar-refractivity contribution < 1.29 is 23.8 Å². The maximum atomic E-state index is 13.6. The van der Waals surface area contributed by atoms with Crippen LogP contribution < -0.4 is 24.4 Å². The van der Waals surface area contributed by atoms with Gasteiger partial charge in [0.2, 0.25) is 0 Å². The number of rotatable bonds is 6. The molecule has 0 saturated heterocycles. The average molecular weight is 547 g/mol. The van der Waals surface area contributed by atoms with Crippen LogP contribution >= 0.6 is 0 Å². The first-order valence-electron chi connectivity index (χ1n) is 13.6. The molecule has 2 aliphatic rings. The number of fused-ring (bicyclic) bond motifs is 2. The first-order chi connectivity index (χ1) is 19.9. The Bertz CT molecular complexity index is 1640. The van der Waals surface area contributed by atoms with E-state index in [0.29, 0.717) is 42.6 Å². The number of para-hydroxylation sites is 2. The molecule has 7 heteroatoms. The zero-order valence-electron chi connectivity index (χ0n) is 22.9. The number of nitrogens with one attached hydrogen (secondary N) is 1. The van der Waals surface area contributed by atoms with Gasteiger partial charge in [-0.2, -0.15) is 0 Å². The Labute approximate surface area is 239 Å². The predicted octanol–water partition coefficient (Wildman–Crippen LogP) is 6.22. The van der Waals surface area contributed by atoms with Crippen molar-refractivity contribution in [3.63, 3.8) is 0 Å². The van der Waals surface area contributed by atoms with Crippen LogP contribution in [0, 0.1) is 6.92 Å². The standard InChI is InChI=1S/C34H30N2O5/c1-22-6-5-7-25(18-22)21-36-28-8-3-4-9-29(28)41-32(34(36)38)19-24-10-12-26(13-11-24)33(37)35-23(2)27-14-15-30-31(20-27)40-17-16-39-30/h3-15,18-20,23H,16-17,21H2,1-2H3,(H,35,37)/b32-19+/t23-/m1/s1. The molecule has 0 unspecified atom stereocenters. The van der Waals surface area contributed by atoms with Gasteiger partial charge in [0.1, 0.15) is 13.2 Å². The molecule has 0 fully saturated rings. The monoisotopic (exact) mass is 546 g/mol. The molecule has 2 aliphatic heterocycles. The van der Waals surface area contributed by atoms with Crippen LogP contribution in [0.5, 0.6) is 17.2 Å². The molecule has 0 spiro atoms. The van der Waals surface area contributed by atoms with Gasteiger partial charge in [0.15, 0.2) is 23.0 Å². The van der Waals surface area contributed by atoms with Crippen molar-refractivity contribution in [3.05, 3.63) is 125 Å². The van der Waals surface area contributed by atoms with E-state index < -0.39 is 0 Å². The second kappa shape index (κ2) is 11.2. The summed E-state index contributed by atoms with van der Waals surface area (Å²) in [7, 11) is 0. The number of amides is 2. The fraction of sp³-hybridized carbons (Fsp3) is 0.176. The van der Waals surface area contributed by atoms with Crippen LogP contribution in [0.2, 0.25) is 0 Å². The number of aryl methyl sites for hydroxylation is 1.